The van der Waals surface area contributed by atoms with Gasteiger partial charge in [0.1, 0.15) is 0 Å². The minimum atomic E-state index is -0.333. The monoisotopic (exact) mass is 252 g/mol. The van der Waals surface area contributed by atoms with Crippen molar-refractivity contribution in [1.82, 2.24) is 0 Å². The van der Waals surface area contributed by atoms with Gasteiger partial charge >= 0.3 is 0 Å². The lowest BCUT2D eigenvalue weighted by Crippen LogP contribution is -2.16. The topological polar surface area (TPSA) is 46.3 Å². The van der Waals surface area contributed by atoms with Crippen molar-refractivity contribution in [2.24, 2.45) is 5.73 Å². The fraction of sp³-hybridized carbons (Fsp3) is 0.533. The second-order valence-corrected chi connectivity index (χ2v) is 3.91. The van der Waals surface area contributed by atoms with E-state index in [2.05, 4.69) is 56.7 Å². The first-order chi connectivity index (χ1) is 8.38. The molecule has 1 aromatic rings. The average Bonchev–Trinajstić information content (AvgIpc) is 2.30. The van der Waals surface area contributed by atoms with E-state index in [4.69, 9.17) is 0 Å². The van der Waals surface area contributed by atoms with Crippen LogP contribution in [0, 0.1) is 13.8 Å². The van der Waals surface area contributed by atoms with E-state index in [1.165, 1.54) is 23.7 Å². The Bertz CT molecular complexity index is 344. The molecule has 3 heteroatoms. The molecule has 104 valence electrons. The van der Waals surface area contributed by atoms with E-state index in [9.17, 15) is 4.79 Å². The first-order valence-corrected chi connectivity index (χ1v) is 6.42. The Kier molecular flexibility index (Phi) is 11.1. The van der Waals surface area contributed by atoms with Crippen LogP contribution >= 0.6 is 0 Å². The molecule has 1 aromatic carbocycles. The summed E-state index contributed by atoms with van der Waals surface area (Å²) < 4.78 is 0. The van der Waals surface area contributed by atoms with Gasteiger partial charge in [-0.25, -0.2) is 0 Å². The van der Waals surface area contributed by atoms with Gasteiger partial charge in [-0.15, -0.1) is 0 Å². The van der Waals surface area contributed by atoms with Crippen molar-refractivity contribution in [3.05, 3.63) is 29.3 Å². The zero-order chi connectivity index (χ0) is 14.7. The van der Waals surface area contributed by atoms with Gasteiger partial charge < -0.3 is 10.6 Å². The van der Waals surface area contributed by atoms with Crippen molar-refractivity contribution in [2.75, 3.05) is 18.5 Å². The Morgan fingerprint density at radius 2 is 1.72 bits per heavy atom. The highest BCUT2D eigenvalue weighted by Crippen LogP contribution is 2.19. The fourth-order valence-electron chi connectivity index (χ4n) is 1.40. The Morgan fingerprint density at radius 1 is 1.28 bits per heavy atom. The van der Waals surface area contributed by atoms with Crippen molar-refractivity contribution >= 4 is 11.6 Å². The zero-order valence-corrected chi connectivity index (χ0v) is 12.9. The number of carbonyl (C=O) groups excluding carboxylic acids is 1. The molecule has 0 bridgehead atoms. The third kappa shape index (κ3) is 8.62. The van der Waals surface area contributed by atoms with Crippen molar-refractivity contribution in [3.8, 4) is 0 Å². The van der Waals surface area contributed by atoms with Crippen LogP contribution in [-0.2, 0) is 4.79 Å². The van der Waals surface area contributed by atoms with Gasteiger partial charge in [-0.3, -0.25) is 4.79 Å². The van der Waals surface area contributed by atoms with Crippen LogP contribution in [-0.4, -0.2) is 19.5 Å². The number of nitrogens with zero attached hydrogens (tertiary/aromatic N) is 1. The molecule has 0 aliphatic carbocycles. The summed E-state index contributed by atoms with van der Waals surface area (Å²) in [4.78, 5) is 11.5. The van der Waals surface area contributed by atoms with Gasteiger partial charge in [0.15, 0.2) is 0 Å². The number of amides is 1. The summed E-state index contributed by atoms with van der Waals surface area (Å²) in [6.45, 7) is 12.8. The van der Waals surface area contributed by atoms with Crippen molar-refractivity contribution < 1.29 is 4.79 Å². The van der Waals surface area contributed by atoms with E-state index >= 15 is 0 Å². The van der Waals surface area contributed by atoms with Crippen LogP contribution in [0.2, 0.25) is 0 Å². The lowest BCUT2D eigenvalue weighted by molar-refractivity contribution is -0.115. The smallest absolute Gasteiger partial charge is 0.214 e. The number of benzene rings is 1. The Hall–Kier alpha value is -1.51. The minimum absolute atomic E-state index is 0.333. The van der Waals surface area contributed by atoms with E-state index in [1.54, 1.807) is 0 Å². The number of anilines is 1. The van der Waals surface area contributed by atoms with Gasteiger partial charge in [0, 0.05) is 26.2 Å². The summed E-state index contributed by atoms with van der Waals surface area (Å²) in [6, 6.07) is 6.57. The van der Waals surface area contributed by atoms with Crippen LogP contribution in [0.5, 0.6) is 0 Å². The number of rotatable bonds is 2. The summed E-state index contributed by atoms with van der Waals surface area (Å²) >= 11 is 0. The van der Waals surface area contributed by atoms with Crippen LogP contribution in [0.4, 0.5) is 5.69 Å². The lowest BCUT2D eigenvalue weighted by atomic mass is 10.1. The van der Waals surface area contributed by atoms with E-state index in [1.807, 2.05) is 13.8 Å². The predicted octanol–water partition coefficient (Wildman–Crippen LogP) is 3.28. The molecule has 1 amide bonds. The number of carbonyl (C=O) groups is 1. The summed E-state index contributed by atoms with van der Waals surface area (Å²) in [5, 5.41) is 0. The molecule has 1 rings (SSSR count). The third-order valence-electron chi connectivity index (χ3n) is 2.24. The highest BCUT2D eigenvalue weighted by molar-refractivity contribution is 5.70. The zero-order valence-electron chi connectivity index (χ0n) is 12.9. The van der Waals surface area contributed by atoms with E-state index in [0.717, 1.165) is 6.54 Å². The molecule has 0 aromatic heterocycles. The summed E-state index contributed by atoms with van der Waals surface area (Å²) in [5.41, 5.74) is 8.50. The van der Waals surface area contributed by atoms with Crippen LogP contribution in [0.15, 0.2) is 18.2 Å². The molecular weight excluding hydrogens is 224 g/mol. The van der Waals surface area contributed by atoms with Crippen molar-refractivity contribution in [3.63, 3.8) is 0 Å². The number of hydrogen-bond donors (Lipinski definition) is 1. The summed E-state index contributed by atoms with van der Waals surface area (Å²) in [6.07, 6.45) is 0. The maximum Gasteiger partial charge on any atom is 0.214 e. The molecule has 0 spiro atoms. The Morgan fingerprint density at radius 3 is 2.06 bits per heavy atom. The van der Waals surface area contributed by atoms with Gasteiger partial charge in [-0.2, -0.15) is 0 Å². The molecular formula is C15H28N2O. The SMILES string of the molecule is CC.CC(N)=O.CCN(C)c1ccc(C)cc1C. The van der Waals surface area contributed by atoms with Crippen LogP contribution in [0.25, 0.3) is 0 Å². The summed E-state index contributed by atoms with van der Waals surface area (Å²) in [7, 11) is 2.12. The van der Waals surface area contributed by atoms with Gasteiger partial charge in [0.05, 0.1) is 0 Å². The largest absolute Gasteiger partial charge is 0.375 e. The lowest BCUT2D eigenvalue weighted by Gasteiger charge is -2.19. The second kappa shape index (κ2) is 10.6. The molecule has 0 saturated heterocycles. The van der Waals surface area contributed by atoms with Crippen LogP contribution < -0.4 is 10.6 Å². The standard InChI is InChI=1S/C11H17N.C2H5NO.C2H6/c1-5-12(4)11-7-6-9(2)8-10(11)3;1-2(3)4;1-2/h6-8H,5H2,1-4H3;1H3,(H2,3,4);1-2H3. The van der Waals surface area contributed by atoms with Gasteiger partial charge in [0.2, 0.25) is 5.91 Å². The quantitative estimate of drug-likeness (QED) is 0.878. The van der Waals surface area contributed by atoms with E-state index < -0.39 is 0 Å². The maximum atomic E-state index is 9.22. The average molecular weight is 252 g/mol. The molecule has 0 heterocycles. The molecule has 0 fully saturated rings. The molecule has 3 nitrogen and oxygen atoms in total. The third-order valence-corrected chi connectivity index (χ3v) is 2.24. The minimum Gasteiger partial charge on any atom is -0.375 e. The van der Waals surface area contributed by atoms with Crippen molar-refractivity contribution in [1.29, 1.82) is 0 Å². The molecule has 0 saturated carbocycles. The van der Waals surface area contributed by atoms with Crippen molar-refractivity contribution in [2.45, 2.75) is 41.5 Å². The molecule has 18 heavy (non-hydrogen) atoms. The van der Waals surface area contributed by atoms with E-state index in [-0.39, 0.29) is 5.91 Å². The van der Waals surface area contributed by atoms with Crippen LogP contribution in [0.1, 0.15) is 38.8 Å². The summed E-state index contributed by atoms with van der Waals surface area (Å²) in [5.74, 6) is -0.333. The molecule has 0 atom stereocenters. The molecule has 0 radical (unpaired) electrons. The highest BCUT2D eigenvalue weighted by atomic mass is 16.1. The first-order valence-electron chi connectivity index (χ1n) is 6.42. The number of primary amides is 1. The first kappa shape index (κ1) is 18.8. The number of aryl methyl sites for hydroxylation is 2. The highest BCUT2D eigenvalue weighted by Gasteiger charge is 2.00. The van der Waals surface area contributed by atoms with Crippen LogP contribution in [0.3, 0.4) is 0 Å². The maximum absolute atomic E-state index is 9.22. The number of hydrogen-bond acceptors (Lipinski definition) is 2. The van der Waals surface area contributed by atoms with E-state index in [0.29, 0.717) is 0 Å². The molecule has 0 aliphatic rings. The van der Waals surface area contributed by atoms with Gasteiger partial charge in [0.25, 0.3) is 0 Å². The number of nitrogens with two attached hydrogens (primary N) is 1. The van der Waals surface area contributed by atoms with Gasteiger partial charge in [-0.05, 0) is 32.4 Å². The Balaban J connectivity index is 0. The second-order valence-electron chi connectivity index (χ2n) is 3.91. The normalized spacial score (nSPS) is 8.39. The molecule has 2 N–H and O–H groups in total. The fourth-order valence-corrected chi connectivity index (χ4v) is 1.40. The molecule has 0 unspecified atom stereocenters. The Labute approximate surface area is 112 Å². The molecule has 0 aliphatic heterocycles. The predicted molar refractivity (Wildman–Crippen MR) is 81.1 cm³/mol. The van der Waals surface area contributed by atoms with Gasteiger partial charge in [-0.1, -0.05) is 31.5 Å².